The molecule has 1 heterocycles. The van der Waals surface area contributed by atoms with Crippen LogP contribution in [-0.2, 0) is 4.84 Å². The van der Waals surface area contributed by atoms with Gasteiger partial charge in [-0.05, 0) is 70.7 Å². The molecule has 1 aliphatic rings. The van der Waals surface area contributed by atoms with E-state index in [0.29, 0.717) is 0 Å². The van der Waals surface area contributed by atoms with E-state index in [0.717, 1.165) is 36.1 Å². The highest BCUT2D eigenvalue weighted by Crippen LogP contribution is 2.31. The average Bonchev–Trinajstić information content (AvgIpc) is 2.45. The number of nitrogens with zero attached hydrogens (tertiary/aromatic N) is 2. The lowest BCUT2D eigenvalue weighted by Gasteiger charge is -2.40. The Labute approximate surface area is 147 Å². The van der Waals surface area contributed by atoms with Gasteiger partial charge in [0.1, 0.15) is 5.54 Å². The monoisotopic (exact) mass is 379 g/mol. The van der Waals surface area contributed by atoms with E-state index in [1.54, 1.807) is 0 Å². The normalized spacial score (nSPS) is 18.5. The number of hydroxylamine groups is 2. The van der Waals surface area contributed by atoms with Gasteiger partial charge in [-0.1, -0.05) is 15.9 Å². The van der Waals surface area contributed by atoms with Crippen molar-refractivity contribution >= 4 is 21.6 Å². The number of hydrogen-bond acceptors (Lipinski definition) is 4. The number of halogens is 1. The third-order valence-corrected chi connectivity index (χ3v) is 5.26. The molecule has 23 heavy (non-hydrogen) atoms. The Hall–Kier alpha value is -1.09. The molecule has 1 aromatic carbocycles. The van der Waals surface area contributed by atoms with Crippen molar-refractivity contribution < 1.29 is 4.84 Å². The van der Waals surface area contributed by atoms with Gasteiger partial charge in [0.25, 0.3) is 0 Å². The molecule has 0 spiro atoms. The summed E-state index contributed by atoms with van der Waals surface area (Å²) in [6.07, 6.45) is 1.49. The number of nitriles is 1. The third kappa shape index (κ3) is 4.69. The Morgan fingerprint density at radius 2 is 1.74 bits per heavy atom. The molecule has 0 unspecified atom stereocenters. The number of benzene rings is 1. The molecule has 0 amide bonds. The molecule has 0 saturated carbocycles. The number of hydrogen-bond donors (Lipinski definition) is 1. The van der Waals surface area contributed by atoms with Crippen molar-refractivity contribution in [2.75, 3.05) is 18.4 Å². The maximum atomic E-state index is 9.73. The minimum atomic E-state index is -0.523. The predicted octanol–water partition coefficient (Wildman–Crippen LogP) is 4.57. The lowest BCUT2D eigenvalue weighted by molar-refractivity contribution is -0.237. The van der Waals surface area contributed by atoms with Crippen molar-refractivity contribution in [2.24, 2.45) is 0 Å². The molecular formula is C18H26BrN3O. The summed E-state index contributed by atoms with van der Waals surface area (Å²) in [5.41, 5.74) is 2.64. The molecule has 2 rings (SSSR count). The van der Waals surface area contributed by atoms with Gasteiger partial charge in [-0.2, -0.15) is 10.3 Å². The van der Waals surface area contributed by atoms with Gasteiger partial charge in [0.15, 0.2) is 0 Å². The summed E-state index contributed by atoms with van der Waals surface area (Å²) in [5.74, 6) is 0. The van der Waals surface area contributed by atoms with Gasteiger partial charge < -0.3 is 5.32 Å². The minimum absolute atomic E-state index is 0.194. The molecule has 0 aliphatic carbocycles. The summed E-state index contributed by atoms with van der Waals surface area (Å²) in [4.78, 5) is 5.91. The van der Waals surface area contributed by atoms with Crippen LogP contribution in [0.5, 0.6) is 0 Å². The Kier molecular flexibility index (Phi) is 5.40. The van der Waals surface area contributed by atoms with Crippen molar-refractivity contribution in [3.05, 3.63) is 27.7 Å². The maximum Gasteiger partial charge on any atom is 0.128 e. The van der Waals surface area contributed by atoms with Crippen LogP contribution < -0.4 is 5.32 Å². The highest BCUT2D eigenvalue weighted by molar-refractivity contribution is 9.10. The van der Waals surface area contributed by atoms with E-state index < -0.39 is 5.54 Å². The molecule has 0 radical (unpaired) electrons. The van der Waals surface area contributed by atoms with Crippen LogP contribution in [0.15, 0.2) is 16.6 Å². The summed E-state index contributed by atoms with van der Waals surface area (Å²) in [6, 6.07) is 6.68. The van der Waals surface area contributed by atoms with Crippen molar-refractivity contribution in [3.8, 4) is 6.07 Å². The quantitative estimate of drug-likeness (QED) is 0.835. The van der Waals surface area contributed by atoms with Crippen LogP contribution in [0, 0.1) is 25.2 Å². The van der Waals surface area contributed by atoms with Gasteiger partial charge in [0.05, 0.1) is 11.7 Å². The van der Waals surface area contributed by atoms with Crippen molar-refractivity contribution in [3.63, 3.8) is 0 Å². The fourth-order valence-electron chi connectivity index (χ4n) is 2.91. The smallest absolute Gasteiger partial charge is 0.128 e. The molecule has 126 valence electrons. The Bertz CT molecular complexity index is 585. The second-order valence-electron chi connectivity index (χ2n) is 7.38. The van der Waals surface area contributed by atoms with Crippen LogP contribution in [0.1, 0.15) is 44.7 Å². The number of aryl methyl sites for hydroxylation is 2. The molecule has 0 bridgehead atoms. The first-order chi connectivity index (χ1) is 10.6. The largest absolute Gasteiger partial charge is 0.367 e. The summed E-state index contributed by atoms with van der Waals surface area (Å²) >= 11 is 3.59. The van der Waals surface area contributed by atoms with E-state index in [1.165, 1.54) is 11.1 Å². The second-order valence-corrected chi connectivity index (χ2v) is 8.17. The third-order valence-electron chi connectivity index (χ3n) is 4.01. The molecule has 1 N–H and O–H groups in total. The fourth-order valence-corrected chi connectivity index (χ4v) is 3.13. The first-order valence-corrected chi connectivity index (χ1v) is 8.84. The summed E-state index contributed by atoms with van der Waals surface area (Å²) in [5, 5.41) is 15.2. The average molecular weight is 380 g/mol. The van der Waals surface area contributed by atoms with Crippen molar-refractivity contribution in [2.45, 2.75) is 58.6 Å². The maximum absolute atomic E-state index is 9.73. The second kappa shape index (κ2) is 6.80. The van der Waals surface area contributed by atoms with Gasteiger partial charge in [-0.25, -0.2) is 0 Å². The highest BCUT2D eigenvalue weighted by atomic mass is 79.9. The van der Waals surface area contributed by atoms with E-state index >= 15 is 0 Å². The van der Waals surface area contributed by atoms with E-state index in [-0.39, 0.29) is 5.60 Å². The van der Waals surface area contributed by atoms with Crippen LogP contribution in [-0.4, -0.2) is 29.3 Å². The van der Waals surface area contributed by atoms with Gasteiger partial charge >= 0.3 is 0 Å². The van der Waals surface area contributed by atoms with Gasteiger partial charge in [0.2, 0.25) is 0 Å². The van der Waals surface area contributed by atoms with E-state index in [4.69, 9.17) is 4.84 Å². The van der Waals surface area contributed by atoms with Crippen molar-refractivity contribution in [1.82, 2.24) is 5.06 Å². The van der Waals surface area contributed by atoms with Gasteiger partial charge in [0, 0.05) is 23.2 Å². The molecule has 1 fully saturated rings. The molecule has 0 atom stereocenters. The van der Waals surface area contributed by atoms with Crippen LogP contribution in [0.3, 0.4) is 0 Å². The number of anilines is 1. The molecule has 0 aromatic heterocycles. The highest BCUT2D eigenvalue weighted by Gasteiger charge is 2.36. The molecular weight excluding hydrogens is 354 g/mol. The Morgan fingerprint density at radius 1 is 1.22 bits per heavy atom. The zero-order valence-corrected chi connectivity index (χ0v) is 16.2. The number of rotatable bonds is 3. The first kappa shape index (κ1) is 18.3. The van der Waals surface area contributed by atoms with Gasteiger partial charge in [-0.3, -0.25) is 4.84 Å². The van der Waals surface area contributed by atoms with Crippen LogP contribution in [0.4, 0.5) is 5.69 Å². The summed E-state index contributed by atoms with van der Waals surface area (Å²) in [7, 11) is 0. The standard InChI is InChI=1S/C18H26BrN3O/c1-13-10-15(11-14(2)16(13)19)21-18(12-20)6-8-22(9-7-18)23-17(3,4)5/h10-11,21H,6-9H2,1-5H3. The fraction of sp³-hybridized carbons (Fsp3) is 0.611. The minimum Gasteiger partial charge on any atom is -0.367 e. The Balaban J connectivity index is 2.08. The lowest BCUT2D eigenvalue weighted by atomic mass is 9.89. The topological polar surface area (TPSA) is 48.3 Å². The molecule has 1 aliphatic heterocycles. The van der Waals surface area contributed by atoms with E-state index in [2.05, 4.69) is 53.3 Å². The van der Waals surface area contributed by atoms with E-state index in [9.17, 15) is 5.26 Å². The van der Waals surface area contributed by atoms with Crippen LogP contribution >= 0.6 is 15.9 Å². The van der Waals surface area contributed by atoms with Crippen LogP contribution in [0.25, 0.3) is 0 Å². The molecule has 1 saturated heterocycles. The Morgan fingerprint density at radius 3 is 2.17 bits per heavy atom. The zero-order valence-electron chi connectivity index (χ0n) is 14.7. The predicted molar refractivity (Wildman–Crippen MR) is 97.2 cm³/mol. The molecule has 4 nitrogen and oxygen atoms in total. The first-order valence-electron chi connectivity index (χ1n) is 8.04. The molecule has 1 aromatic rings. The van der Waals surface area contributed by atoms with E-state index in [1.807, 2.05) is 25.8 Å². The number of nitrogens with one attached hydrogen (secondary N) is 1. The number of piperidine rings is 1. The van der Waals surface area contributed by atoms with Crippen molar-refractivity contribution in [1.29, 1.82) is 5.26 Å². The zero-order chi connectivity index (χ0) is 17.3. The summed E-state index contributed by atoms with van der Waals surface area (Å²) in [6.45, 7) is 11.8. The summed E-state index contributed by atoms with van der Waals surface area (Å²) < 4.78 is 1.13. The SMILES string of the molecule is Cc1cc(NC2(C#N)CCN(OC(C)(C)C)CC2)cc(C)c1Br. The van der Waals surface area contributed by atoms with Gasteiger partial charge in [-0.15, -0.1) is 0 Å². The van der Waals surface area contributed by atoms with Crippen LogP contribution in [0.2, 0.25) is 0 Å². The lowest BCUT2D eigenvalue weighted by Crippen LogP contribution is -2.49. The molecule has 5 heteroatoms.